The summed E-state index contributed by atoms with van der Waals surface area (Å²) in [5.41, 5.74) is 5.15. The SMILES string of the molecule is CCCCN=C(c1ccccc1)c1sc2nc(C)cc(COC)c2c1NC(=O)c1ccccc1. The minimum Gasteiger partial charge on any atom is -0.380 e. The molecule has 0 bridgehead atoms. The number of aryl methyl sites for hydroxylation is 1. The summed E-state index contributed by atoms with van der Waals surface area (Å²) in [7, 11) is 1.68. The van der Waals surface area contributed by atoms with Crippen LogP contribution in [0.25, 0.3) is 10.2 Å². The van der Waals surface area contributed by atoms with Crippen LogP contribution in [-0.4, -0.2) is 30.3 Å². The van der Waals surface area contributed by atoms with Crippen LogP contribution in [0.2, 0.25) is 0 Å². The summed E-state index contributed by atoms with van der Waals surface area (Å²) in [6, 6.07) is 21.4. The van der Waals surface area contributed by atoms with E-state index in [4.69, 9.17) is 14.7 Å². The number of benzene rings is 2. The molecule has 6 heteroatoms. The highest BCUT2D eigenvalue weighted by atomic mass is 32.1. The number of hydrogen-bond donors (Lipinski definition) is 1. The molecule has 2 heterocycles. The number of nitrogens with zero attached hydrogens (tertiary/aromatic N) is 2. The average Bonchev–Trinajstić information content (AvgIpc) is 3.20. The lowest BCUT2D eigenvalue weighted by Crippen LogP contribution is -2.15. The Bertz CT molecular complexity index is 1300. The van der Waals surface area contributed by atoms with Crippen LogP contribution in [0.4, 0.5) is 5.69 Å². The number of carbonyl (C=O) groups excluding carboxylic acids is 1. The number of unbranched alkanes of at least 4 members (excludes halogenated alkanes) is 1. The number of rotatable bonds is 9. The predicted molar refractivity (Wildman–Crippen MR) is 141 cm³/mol. The lowest BCUT2D eigenvalue weighted by Gasteiger charge is -2.12. The first-order valence-corrected chi connectivity index (χ1v) is 12.3. The molecule has 0 aliphatic heterocycles. The van der Waals surface area contributed by atoms with Crippen molar-refractivity contribution in [1.29, 1.82) is 0 Å². The van der Waals surface area contributed by atoms with Crippen molar-refractivity contribution in [3.05, 3.63) is 94.0 Å². The minimum atomic E-state index is -0.161. The zero-order valence-electron chi connectivity index (χ0n) is 19.8. The number of amides is 1. The normalized spacial score (nSPS) is 11.7. The molecule has 0 spiro atoms. The second kappa shape index (κ2) is 11.2. The summed E-state index contributed by atoms with van der Waals surface area (Å²) < 4.78 is 5.50. The Morgan fingerprint density at radius 3 is 2.38 bits per heavy atom. The van der Waals surface area contributed by atoms with Crippen molar-refractivity contribution in [3.8, 4) is 0 Å². The zero-order valence-corrected chi connectivity index (χ0v) is 20.6. The molecule has 0 atom stereocenters. The first-order chi connectivity index (χ1) is 16.6. The van der Waals surface area contributed by atoms with Crippen LogP contribution in [0.1, 0.15) is 51.8 Å². The number of ether oxygens (including phenoxy) is 1. The third-order valence-electron chi connectivity index (χ3n) is 5.49. The molecule has 0 aliphatic rings. The molecule has 4 aromatic rings. The maximum atomic E-state index is 13.3. The highest BCUT2D eigenvalue weighted by Crippen LogP contribution is 2.39. The topological polar surface area (TPSA) is 63.6 Å². The van der Waals surface area contributed by atoms with Gasteiger partial charge in [0.05, 0.1) is 22.9 Å². The number of thiophene rings is 1. The monoisotopic (exact) mass is 471 g/mol. The van der Waals surface area contributed by atoms with Crippen LogP contribution in [0, 0.1) is 6.92 Å². The van der Waals surface area contributed by atoms with Gasteiger partial charge in [-0.15, -0.1) is 11.3 Å². The molecule has 0 aliphatic carbocycles. The number of nitrogens with one attached hydrogen (secondary N) is 1. The number of carbonyl (C=O) groups is 1. The lowest BCUT2D eigenvalue weighted by atomic mass is 10.0. The molecule has 1 N–H and O–H groups in total. The van der Waals surface area contributed by atoms with Gasteiger partial charge in [-0.25, -0.2) is 4.98 Å². The summed E-state index contributed by atoms with van der Waals surface area (Å²) in [4.78, 5) is 24.9. The van der Waals surface area contributed by atoms with Crippen LogP contribution in [0.15, 0.2) is 71.7 Å². The largest absolute Gasteiger partial charge is 0.380 e. The molecule has 0 saturated heterocycles. The molecule has 2 aromatic heterocycles. The summed E-state index contributed by atoms with van der Waals surface area (Å²) in [6.07, 6.45) is 2.06. The zero-order chi connectivity index (χ0) is 23.9. The number of aromatic nitrogens is 1. The van der Waals surface area contributed by atoms with Crippen LogP contribution in [-0.2, 0) is 11.3 Å². The van der Waals surface area contributed by atoms with E-state index in [2.05, 4.69) is 24.4 Å². The molecule has 0 fully saturated rings. The van der Waals surface area contributed by atoms with E-state index in [9.17, 15) is 4.79 Å². The smallest absolute Gasteiger partial charge is 0.255 e. The summed E-state index contributed by atoms with van der Waals surface area (Å²) >= 11 is 1.56. The van der Waals surface area contributed by atoms with Gasteiger partial charge >= 0.3 is 0 Å². The fourth-order valence-electron chi connectivity index (χ4n) is 3.88. The summed E-state index contributed by atoms with van der Waals surface area (Å²) in [5.74, 6) is -0.161. The second-order valence-corrected chi connectivity index (χ2v) is 9.11. The van der Waals surface area contributed by atoms with Crippen molar-refractivity contribution < 1.29 is 9.53 Å². The van der Waals surface area contributed by atoms with E-state index in [-0.39, 0.29) is 5.91 Å². The van der Waals surface area contributed by atoms with Crippen LogP contribution < -0.4 is 5.32 Å². The number of aliphatic imine (C=N–C) groups is 1. The number of fused-ring (bicyclic) bond motifs is 1. The Balaban J connectivity index is 1.94. The quantitative estimate of drug-likeness (QED) is 0.220. The maximum Gasteiger partial charge on any atom is 0.255 e. The average molecular weight is 472 g/mol. The molecule has 174 valence electrons. The molecule has 0 saturated carbocycles. The Hall–Kier alpha value is -3.35. The molecule has 5 nitrogen and oxygen atoms in total. The summed E-state index contributed by atoms with van der Waals surface area (Å²) in [5, 5.41) is 4.12. The predicted octanol–water partition coefficient (Wildman–Crippen LogP) is 6.64. The van der Waals surface area contributed by atoms with Gasteiger partial charge in [-0.3, -0.25) is 9.79 Å². The van der Waals surface area contributed by atoms with E-state index in [0.29, 0.717) is 12.2 Å². The maximum absolute atomic E-state index is 13.3. The van der Waals surface area contributed by atoms with Gasteiger partial charge in [0.1, 0.15) is 4.83 Å². The Morgan fingerprint density at radius 1 is 1.06 bits per heavy atom. The van der Waals surface area contributed by atoms with Gasteiger partial charge < -0.3 is 10.1 Å². The Labute approximate surface area is 204 Å². The number of hydrogen-bond acceptors (Lipinski definition) is 5. The van der Waals surface area contributed by atoms with E-state index < -0.39 is 0 Å². The molecule has 4 rings (SSSR count). The van der Waals surface area contributed by atoms with Crippen molar-refractivity contribution in [2.24, 2.45) is 4.99 Å². The Morgan fingerprint density at radius 2 is 1.74 bits per heavy atom. The van der Waals surface area contributed by atoms with Crippen molar-refractivity contribution in [3.63, 3.8) is 0 Å². The molecular weight excluding hydrogens is 442 g/mol. The Kier molecular flexibility index (Phi) is 7.83. The molecule has 0 radical (unpaired) electrons. The first-order valence-electron chi connectivity index (χ1n) is 11.5. The van der Waals surface area contributed by atoms with E-state index in [0.717, 1.165) is 62.7 Å². The van der Waals surface area contributed by atoms with Crippen molar-refractivity contribution in [2.75, 3.05) is 19.0 Å². The van der Waals surface area contributed by atoms with Crippen molar-refractivity contribution in [2.45, 2.75) is 33.3 Å². The number of methoxy groups -OCH3 is 1. The highest BCUT2D eigenvalue weighted by Gasteiger charge is 2.23. The van der Waals surface area contributed by atoms with Gasteiger partial charge in [-0.05, 0) is 37.1 Å². The third-order valence-corrected chi connectivity index (χ3v) is 6.58. The van der Waals surface area contributed by atoms with E-state index in [1.807, 2.05) is 61.5 Å². The molecular formula is C28H29N3O2S. The standard InChI is InChI=1S/C28H29N3O2S/c1-4-5-16-29-24(20-12-8-6-9-13-20)26-25(31-27(32)21-14-10-7-11-15-21)23-22(18-33-3)17-19(2)30-28(23)34-26/h6-15,17H,4-5,16,18H2,1-3H3,(H,31,32). The van der Waals surface area contributed by atoms with E-state index in [1.54, 1.807) is 18.4 Å². The first kappa shape index (κ1) is 23.8. The van der Waals surface area contributed by atoms with Crippen LogP contribution in [0.5, 0.6) is 0 Å². The molecule has 1 amide bonds. The van der Waals surface area contributed by atoms with Crippen LogP contribution in [0.3, 0.4) is 0 Å². The van der Waals surface area contributed by atoms with Gasteiger partial charge in [0.25, 0.3) is 5.91 Å². The lowest BCUT2D eigenvalue weighted by molar-refractivity contribution is 0.102. The molecule has 2 aromatic carbocycles. The van der Waals surface area contributed by atoms with Gasteiger partial charge in [0.2, 0.25) is 0 Å². The number of pyridine rings is 1. The second-order valence-electron chi connectivity index (χ2n) is 8.11. The molecule has 0 unspecified atom stereocenters. The fraction of sp³-hybridized carbons (Fsp3) is 0.250. The molecule has 34 heavy (non-hydrogen) atoms. The minimum absolute atomic E-state index is 0.161. The van der Waals surface area contributed by atoms with Gasteiger partial charge in [-0.1, -0.05) is 61.9 Å². The van der Waals surface area contributed by atoms with E-state index >= 15 is 0 Å². The van der Waals surface area contributed by atoms with Crippen molar-refractivity contribution >= 4 is 38.9 Å². The summed E-state index contributed by atoms with van der Waals surface area (Å²) in [6.45, 7) is 5.29. The van der Waals surface area contributed by atoms with E-state index in [1.165, 1.54) is 0 Å². The fourth-order valence-corrected chi connectivity index (χ4v) is 5.13. The van der Waals surface area contributed by atoms with Gasteiger partial charge in [0, 0.05) is 35.9 Å². The van der Waals surface area contributed by atoms with Gasteiger partial charge in [-0.2, -0.15) is 0 Å². The highest BCUT2D eigenvalue weighted by molar-refractivity contribution is 7.21. The van der Waals surface area contributed by atoms with Crippen LogP contribution >= 0.6 is 11.3 Å². The van der Waals surface area contributed by atoms with Crippen molar-refractivity contribution in [1.82, 2.24) is 4.98 Å². The number of anilines is 1. The van der Waals surface area contributed by atoms with Gasteiger partial charge in [0.15, 0.2) is 0 Å². The third kappa shape index (κ3) is 5.24.